The molecule has 1 heterocycles. The molecule has 0 aliphatic carbocycles. The van der Waals surface area contributed by atoms with Crippen LogP contribution in [0.1, 0.15) is 30.9 Å². The van der Waals surface area contributed by atoms with E-state index in [2.05, 4.69) is 5.32 Å². The maximum atomic E-state index is 12.0. The van der Waals surface area contributed by atoms with Crippen molar-refractivity contribution in [3.05, 3.63) is 76.1 Å². The standard InChI is InChI=1S/C23H23NO6/c1-2-17-13-22(26)30-20-14-18(10-11-19(17)20)29-21(25)9-6-12-24-23(27)28-15-16-7-4-3-5-8-16/h3-5,7-8,10-11,13-14H,2,6,9,12,15H2,1H3,(H,24,27). The molecule has 7 nitrogen and oxygen atoms in total. The predicted molar refractivity (Wildman–Crippen MR) is 111 cm³/mol. The Morgan fingerprint density at radius 1 is 1.07 bits per heavy atom. The first-order valence-corrected chi connectivity index (χ1v) is 9.77. The van der Waals surface area contributed by atoms with Crippen molar-refractivity contribution in [1.82, 2.24) is 5.32 Å². The maximum Gasteiger partial charge on any atom is 0.407 e. The van der Waals surface area contributed by atoms with Crippen LogP contribution in [0.5, 0.6) is 5.75 Å². The Labute approximate surface area is 173 Å². The number of hydrogen-bond acceptors (Lipinski definition) is 6. The van der Waals surface area contributed by atoms with Crippen molar-refractivity contribution in [2.75, 3.05) is 6.54 Å². The van der Waals surface area contributed by atoms with E-state index in [-0.39, 0.29) is 19.6 Å². The minimum atomic E-state index is -0.538. The van der Waals surface area contributed by atoms with Crippen LogP contribution in [0.4, 0.5) is 4.79 Å². The third-order valence-corrected chi connectivity index (χ3v) is 4.45. The summed E-state index contributed by atoms with van der Waals surface area (Å²) in [4.78, 5) is 35.3. The summed E-state index contributed by atoms with van der Waals surface area (Å²) in [5, 5.41) is 3.41. The molecule has 1 aromatic heterocycles. The first-order chi connectivity index (χ1) is 14.5. The van der Waals surface area contributed by atoms with E-state index in [0.717, 1.165) is 16.5 Å². The van der Waals surface area contributed by atoms with E-state index in [1.807, 2.05) is 37.3 Å². The quantitative estimate of drug-likeness (QED) is 0.262. The molecule has 156 valence electrons. The van der Waals surface area contributed by atoms with Crippen LogP contribution >= 0.6 is 0 Å². The van der Waals surface area contributed by atoms with Gasteiger partial charge in [-0.3, -0.25) is 4.79 Å². The summed E-state index contributed by atoms with van der Waals surface area (Å²) >= 11 is 0. The monoisotopic (exact) mass is 409 g/mol. The van der Waals surface area contributed by atoms with Crippen LogP contribution in [0.15, 0.2) is 63.8 Å². The molecule has 7 heteroatoms. The molecule has 0 saturated carbocycles. The van der Waals surface area contributed by atoms with E-state index in [1.165, 1.54) is 12.1 Å². The van der Waals surface area contributed by atoms with Crippen LogP contribution < -0.4 is 15.7 Å². The second kappa shape index (κ2) is 10.2. The first-order valence-electron chi connectivity index (χ1n) is 9.77. The molecule has 3 rings (SSSR count). The number of benzene rings is 2. The molecule has 0 atom stereocenters. The second-order valence-corrected chi connectivity index (χ2v) is 6.67. The lowest BCUT2D eigenvalue weighted by atomic mass is 10.1. The fourth-order valence-electron chi connectivity index (χ4n) is 2.95. The van der Waals surface area contributed by atoms with Crippen LogP contribution in [0.3, 0.4) is 0 Å². The van der Waals surface area contributed by atoms with Crippen molar-refractivity contribution in [2.24, 2.45) is 0 Å². The summed E-state index contributed by atoms with van der Waals surface area (Å²) in [5.74, 6) is -0.137. The van der Waals surface area contributed by atoms with E-state index in [9.17, 15) is 14.4 Å². The van der Waals surface area contributed by atoms with Gasteiger partial charge in [-0.15, -0.1) is 0 Å². The van der Waals surface area contributed by atoms with Crippen molar-refractivity contribution in [2.45, 2.75) is 32.8 Å². The zero-order valence-electron chi connectivity index (χ0n) is 16.7. The maximum absolute atomic E-state index is 12.0. The lowest BCUT2D eigenvalue weighted by molar-refractivity contribution is -0.134. The molecule has 0 saturated heterocycles. The SMILES string of the molecule is CCc1cc(=O)oc2cc(OC(=O)CCCNC(=O)OCc3ccccc3)ccc12. The number of amides is 1. The van der Waals surface area contributed by atoms with Crippen LogP contribution in [-0.2, 0) is 22.6 Å². The Kier molecular flexibility index (Phi) is 7.21. The van der Waals surface area contributed by atoms with Gasteiger partial charge in [0.15, 0.2) is 0 Å². The second-order valence-electron chi connectivity index (χ2n) is 6.67. The van der Waals surface area contributed by atoms with Gasteiger partial charge in [0.25, 0.3) is 0 Å². The zero-order chi connectivity index (χ0) is 21.3. The highest BCUT2D eigenvalue weighted by Gasteiger charge is 2.10. The molecular formula is C23H23NO6. The van der Waals surface area contributed by atoms with Gasteiger partial charge in [-0.2, -0.15) is 0 Å². The molecule has 0 aliphatic heterocycles. The van der Waals surface area contributed by atoms with E-state index in [1.54, 1.807) is 12.1 Å². The van der Waals surface area contributed by atoms with E-state index < -0.39 is 17.7 Å². The Morgan fingerprint density at radius 2 is 1.87 bits per heavy atom. The normalized spacial score (nSPS) is 10.6. The van der Waals surface area contributed by atoms with E-state index >= 15 is 0 Å². The fraction of sp³-hybridized carbons (Fsp3) is 0.261. The highest BCUT2D eigenvalue weighted by Crippen LogP contribution is 2.23. The summed E-state index contributed by atoms with van der Waals surface area (Å²) in [6, 6.07) is 15.8. The number of aryl methyl sites for hydroxylation is 1. The number of esters is 1. The average molecular weight is 409 g/mol. The van der Waals surface area contributed by atoms with Gasteiger partial charge in [0, 0.05) is 30.5 Å². The topological polar surface area (TPSA) is 94.8 Å². The lowest BCUT2D eigenvalue weighted by Crippen LogP contribution is -2.26. The number of fused-ring (bicyclic) bond motifs is 1. The summed E-state index contributed by atoms with van der Waals surface area (Å²) < 4.78 is 15.6. The first kappa shape index (κ1) is 21.1. The van der Waals surface area contributed by atoms with Gasteiger partial charge in [0.2, 0.25) is 0 Å². The highest BCUT2D eigenvalue weighted by atomic mass is 16.5. The van der Waals surface area contributed by atoms with Crippen molar-refractivity contribution in [1.29, 1.82) is 0 Å². The van der Waals surface area contributed by atoms with Gasteiger partial charge in [-0.1, -0.05) is 37.3 Å². The number of rotatable bonds is 8. The third kappa shape index (κ3) is 5.94. The van der Waals surface area contributed by atoms with Gasteiger partial charge in [0.1, 0.15) is 17.9 Å². The highest BCUT2D eigenvalue weighted by molar-refractivity contribution is 5.82. The van der Waals surface area contributed by atoms with Gasteiger partial charge in [0.05, 0.1) is 0 Å². The minimum Gasteiger partial charge on any atom is -0.445 e. The van der Waals surface area contributed by atoms with Crippen molar-refractivity contribution in [3.63, 3.8) is 0 Å². The lowest BCUT2D eigenvalue weighted by Gasteiger charge is -2.08. The molecule has 1 amide bonds. The zero-order valence-corrected chi connectivity index (χ0v) is 16.7. The molecule has 0 bridgehead atoms. The summed E-state index contributed by atoms with van der Waals surface area (Å²) in [5.41, 5.74) is 1.72. The number of hydrogen-bond donors (Lipinski definition) is 1. The van der Waals surface area contributed by atoms with Crippen molar-refractivity contribution < 1.29 is 23.5 Å². The van der Waals surface area contributed by atoms with Gasteiger partial charge < -0.3 is 19.2 Å². The van der Waals surface area contributed by atoms with Crippen molar-refractivity contribution in [3.8, 4) is 5.75 Å². The average Bonchev–Trinajstić information content (AvgIpc) is 2.75. The number of nitrogens with one attached hydrogen (secondary N) is 1. The van der Waals surface area contributed by atoms with Gasteiger partial charge in [-0.25, -0.2) is 9.59 Å². The summed E-state index contributed by atoms with van der Waals surface area (Å²) in [6.07, 6.45) is 0.684. The minimum absolute atomic E-state index is 0.121. The van der Waals surface area contributed by atoms with Crippen molar-refractivity contribution >= 4 is 23.0 Å². The van der Waals surface area contributed by atoms with Gasteiger partial charge in [-0.05, 0) is 36.1 Å². The molecule has 1 N–H and O–H groups in total. The van der Waals surface area contributed by atoms with Crippen LogP contribution in [-0.4, -0.2) is 18.6 Å². The van der Waals surface area contributed by atoms with Crippen LogP contribution in [0, 0.1) is 0 Å². The molecule has 0 radical (unpaired) electrons. The number of carbonyl (C=O) groups is 2. The smallest absolute Gasteiger partial charge is 0.407 e. The molecular weight excluding hydrogens is 386 g/mol. The van der Waals surface area contributed by atoms with E-state index in [0.29, 0.717) is 24.2 Å². The molecule has 0 unspecified atom stereocenters. The fourth-order valence-corrected chi connectivity index (χ4v) is 2.95. The Balaban J connectivity index is 1.42. The molecule has 30 heavy (non-hydrogen) atoms. The Bertz CT molecular complexity index is 1070. The predicted octanol–water partition coefficient (Wildman–Crippen LogP) is 3.97. The Hall–Kier alpha value is -3.61. The summed E-state index contributed by atoms with van der Waals surface area (Å²) in [7, 11) is 0. The summed E-state index contributed by atoms with van der Waals surface area (Å²) in [6.45, 7) is 2.43. The molecule has 0 aliphatic rings. The number of alkyl carbamates (subject to hydrolysis) is 1. The third-order valence-electron chi connectivity index (χ3n) is 4.45. The molecule has 0 fully saturated rings. The molecule has 2 aromatic carbocycles. The number of ether oxygens (including phenoxy) is 2. The van der Waals surface area contributed by atoms with Crippen LogP contribution in [0.25, 0.3) is 11.0 Å². The molecule has 0 spiro atoms. The largest absolute Gasteiger partial charge is 0.445 e. The van der Waals surface area contributed by atoms with E-state index in [4.69, 9.17) is 13.9 Å². The Morgan fingerprint density at radius 3 is 2.63 bits per heavy atom. The van der Waals surface area contributed by atoms with Crippen LogP contribution in [0.2, 0.25) is 0 Å². The van der Waals surface area contributed by atoms with Gasteiger partial charge >= 0.3 is 17.7 Å². The molecule has 3 aromatic rings. The number of carbonyl (C=O) groups excluding carboxylic acids is 2.